The maximum Gasteiger partial charge on any atom is 0.252 e. The summed E-state index contributed by atoms with van der Waals surface area (Å²) < 4.78 is 0. The van der Waals surface area contributed by atoms with Gasteiger partial charge in [0, 0.05) is 22.7 Å². The smallest absolute Gasteiger partial charge is 0.252 e. The number of amides is 1. The van der Waals surface area contributed by atoms with Gasteiger partial charge in [-0.2, -0.15) is 0 Å². The zero-order valence-electron chi connectivity index (χ0n) is 12.2. The lowest BCUT2D eigenvalue weighted by atomic mass is 10.1. The normalized spacial score (nSPS) is 12.3. The van der Waals surface area contributed by atoms with Crippen LogP contribution < -0.4 is 5.32 Å². The number of nitrogens with one attached hydrogen (secondary N) is 2. The van der Waals surface area contributed by atoms with Crippen LogP contribution in [0.4, 0.5) is 0 Å². The summed E-state index contributed by atoms with van der Waals surface area (Å²) in [7, 11) is 0. The van der Waals surface area contributed by atoms with Crippen LogP contribution in [0.3, 0.4) is 0 Å². The number of H-pyrrole nitrogens is 1. The fraction of sp³-hybridized carbons (Fsp3) is 0.167. The summed E-state index contributed by atoms with van der Waals surface area (Å²) in [4.78, 5) is 15.6. The first kappa shape index (κ1) is 13.4. The van der Waals surface area contributed by atoms with Crippen LogP contribution in [0.2, 0.25) is 0 Å². The summed E-state index contributed by atoms with van der Waals surface area (Å²) >= 11 is 0. The molecule has 0 aliphatic heterocycles. The quantitative estimate of drug-likeness (QED) is 0.748. The van der Waals surface area contributed by atoms with Crippen LogP contribution >= 0.6 is 0 Å². The molecule has 2 aromatic carbocycles. The zero-order valence-corrected chi connectivity index (χ0v) is 12.2. The number of aromatic amines is 1. The van der Waals surface area contributed by atoms with Crippen LogP contribution in [0.25, 0.3) is 10.9 Å². The van der Waals surface area contributed by atoms with E-state index in [0.717, 1.165) is 16.5 Å². The Balaban J connectivity index is 1.83. The fourth-order valence-electron chi connectivity index (χ4n) is 2.50. The number of rotatable bonds is 3. The number of aromatic nitrogens is 1. The lowest BCUT2D eigenvalue weighted by Gasteiger charge is -2.15. The molecular weight excluding hydrogens is 260 g/mol. The molecule has 1 heterocycles. The van der Waals surface area contributed by atoms with Crippen LogP contribution in [-0.4, -0.2) is 10.9 Å². The van der Waals surface area contributed by atoms with Gasteiger partial charge in [-0.25, -0.2) is 0 Å². The standard InChI is InChI=1S/C18H18N2O/c1-12-6-8-14(9-7-12)13(2)20-18(21)16-4-3-5-17-15(16)10-11-19-17/h3-11,13,19H,1-2H3,(H,20,21). The van der Waals surface area contributed by atoms with Gasteiger partial charge in [0.25, 0.3) is 5.91 Å². The third-order valence-electron chi connectivity index (χ3n) is 3.76. The molecule has 3 nitrogen and oxygen atoms in total. The van der Waals surface area contributed by atoms with Gasteiger partial charge in [-0.15, -0.1) is 0 Å². The molecule has 21 heavy (non-hydrogen) atoms. The highest BCUT2D eigenvalue weighted by Crippen LogP contribution is 2.19. The van der Waals surface area contributed by atoms with E-state index in [0.29, 0.717) is 5.56 Å². The molecule has 0 radical (unpaired) electrons. The Morgan fingerprint density at radius 1 is 1.10 bits per heavy atom. The van der Waals surface area contributed by atoms with E-state index in [1.54, 1.807) is 0 Å². The van der Waals surface area contributed by atoms with Crippen molar-refractivity contribution < 1.29 is 4.79 Å². The predicted octanol–water partition coefficient (Wildman–Crippen LogP) is 3.97. The van der Waals surface area contributed by atoms with E-state index in [1.165, 1.54) is 5.56 Å². The molecule has 0 bridgehead atoms. The van der Waals surface area contributed by atoms with E-state index in [2.05, 4.69) is 41.5 Å². The van der Waals surface area contributed by atoms with Gasteiger partial charge >= 0.3 is 0 Å². The summed E-state index contributed by atoms with van der Waals surface area (Å²) in [5.74, 6) is -0.0479. The van der Waals surface area contributed by atoms with Crippen molar-refractivity contribution in [2.75, 3.05) is 0 Å². The fourth-order valence-corrected chi connectivity index (χ4v) is 2.50. The summed E-state index contributed by atoms with van der Waals surface area (Å²) in [5.41, 5.74) is 4.00. The first-order valence-electron chi connectivity index (χ1n) is 7.08. The van der Waals surface area contributed by atoms with Crippen molar-refractivity contribution in [1.29, 1.82) is 0 Å². The second-order valence-corrected chi connectivity index (χ2v) is 5.35. The molecule has 2 N–H and O–H groups in total. The number of benzene rings is 2. The predicted molar refractivity (Wildman–Crippen MR) is 85.4 cm³/mol. The molecule has 0 fully saturated rings. The van der Waals surface area contributed by atoms with E-state index in [4.69, 9.17) is 0 Å². The van der Waals surface area contributed by atoms with E-state index in [-0.39, 0.29) is 11.9 Å². The Morgan fingerprint density at radius 2 is 1.86 bits per heavy atom. The lowest BCUT2D eigenvalue weighted by molar-refractivity contribution is 0.0941. The minimum atomic E-state index is -0.0479. The Hall–Kier alpha value is -2.55. The molecule has 0 aliphatic rings. The van der Waals surface area contributed by atoms with Gasteiger partial charge in [0.15, 0.2) is 0 Å². The van der Waals surface area contributed by atoms with E-state index in [1.807, 2.05) is 37.4 Å². The number of aryl methyl sites for hydroxylation is 1. The molecular formula is C18H18N2O. The van der Waals surface area contributed by atoms with Crippen molar-refractivity contribution in [3.05, 3.63) is 71.4 Å². The van der Waals surface area contributed by atoms with Gasteiger partial charge in [-0.3, -0.25) is 4.79 Å². The third kappa shape index (κ3) is 2.68. The summed E-state index contributed by atoms with van der Waals surface area (Å²) in [6.45, 7) is 4.06. The molecule has 0 aliphatic carbocycles. The minimum Gasteiger partial charge on any atom is -0.361 e. The van der Waals surface area contributed by atoms with Crippen molar-refractivity contribution in [2.45, 2.75) is 19.9 Å². The van der Waals surface area contributed by atoms with Crippen molar-refractivity contribution in [3.8, 4) is 0 Å². The second-order valence-electron chi connectivity index (χ2n) is 5.35. The molecule has 3 rings (SSSR count). The maximum atomic E-state index is 12.5. The summed E-state index contributed by atoms with van der Waals surface area (Å²) in [6, 6.07) is 15.9. The summed E-state index contributed by atoms with van der Waals surface area (Å²) in [6.07, 6.45) is 1.85. The first-order chi connectivity index (χ1) is 10.1. The van der Waals surface area contributed by atoms with Crippen molar-refractivity contribution in [3.63, 3.8) is 0 Å². The zero-order chi connectivity index (χ0) is 14.8. The molecule has 1 unspecified atom stereocenters. The second kappa shape index (κ2) is 5.44. The van der Waals surface area contributed by atoms with Gasteiger partial charge in [0.2, 0.25) is 0 Å². The van der Waals surface area contributed by atoms with Crippen LogP contribution in [0.15, 0.2) is 54.7 Å². The number of fused-ring (bicyclic) bond motifs is 1. The average Bonchev–Trinajstić information content (AvgIpc) is 2.96. The van der Waals surface area contributed by atoms with Gasteiger partial charge in [0.05, 0.1) is 6.04 Å². The Morgan fingerprint density at radius 3 is 2.62 bits per heavy atom. The molecule has 1 aromatic heterocycles. The SMILES string of the molecule is Cc1ccc(C(C)NC(=O)c2cccc3[nH]ccc23)cc1. The van der Waals surface area contributed by atoms with E-state index in [9.17, 15) is 4.79 Å². The molecule has 106 valence electrons. The third-order valence-corrected chi connectivity index (χ3v) is 3.76. The average molecular weight is 278 g/mol. The Labute approximate surface area is 124 Å². The van der Waals surface area contributed by atoms with Gasteiger partial charge in [0.1, 0.15) is 0 Å². The van der Waals surface area contributed by atoms with E-state index >= 15 is 0 Å². The van der Waals surface area contributed by atoms with Gasteiger partial charge in [-0.1, -0.05) is 35.9 Å². The Kier molecular flexibility index (Phi) is 3.48. The number of hydrogen-bond donors (Lipinski definition) is 2. The van der Waals surface area contributed by atoms with Crippen LogP contribution in [-0.2, 0) is 0 Å². The number of hydrogen-bond acceptors (Lipinski definition) is 1. The Bertz CT molecular complexity index is 771. The topological polar surface area (TPSA) is 44.9 Å². The molecule has 3 aromatic rings. The van der Waals surface area contributed by atoms with E-state index < -0.39 is 0 Å². The minimum absolute atomic E-state index is 0.0210. The molecule has 0 saturated heterocycles. The molecule has 0 saturated carbocycles. The van der Waals surface area contributed by atoms with Crippen molar-refractivity contribution in [2.24, 2.45) is 0 Å². The van der Waals surface area contributed by atoms with Crippen molar-refractivity contribution in [1.82, 2.24) is 10.3 Å². The number of carbonyl (C=O) groups is 1. The number of carbonyl (C=O) groups excluding carboxylic acids is 1. The maximum absolute atomic E-state index is 12.5. The lowest BCUT2D eigenvalue weighted by Crippen LogP contribution is -2.26. The molecule has 1 atom stereocenters. The summed E-state index contributed by atoms with van der Waals surface area (Å²) in [5, 5.41) is 4.01. The van der Waals surface area contributed by atoms with Gasteiger partial charge in [-0.05, 0) is 37.6 Å². The van der Waals surface area contributed by atoms with Crippen LogP contribution in [0.1, 0.15) is 34.5 Å². The van der Waals surface area contributed by atoms with Crippen LogP contribution in [0.5, 0.6) is 0 Å². The first-order valence-corrected chi connectivity index (χ1v) is 7.08. The highest BCUT2D eigenvalue weighted by Gasteiger charge is 2.14. The molecule has 1 amide bonds. The monoisotopic (exact) mass is 278 g/mol. The molecule has 0 spiro atoms. The largest absolute Gasteiger partial charge is 0.361 e. The molecule has 3 heteroatoms. The van der Waals surface area contributed by atoms with Crippen molar-refractivity contribution >= 4 is 16.8 Å². The van der Waals surface area contributed by atoms with Crippen LogP contribution in [0, 0.1) is 6.92 Å². The highest BCUT2D eigenvalue weighted by atomic mass is 16.1. The van der Waals surface area contributed by atoms with Gasteiger partial charge < -0.3 is 10.3 Å². The highest BCUT2D eigenvalue weighted by molar-refractivity contribution is 6.06.